The van der Waals surface area contributed by atoms with Crippen LogP contribution >= 0.6 is 0 Å². The summed E-state index contributed by atoms with van der Waals surface area (Å²) in [4.78, 5) is 26.0. The predicted octanol–water partition coefficient (Wildman–Crippen LogP) is 0.967. The number of carbonyl (C=O) groups is 1. The van der Waals surface area contributed by atoms with Gasteiger partial charge in [0.05, 0.1) is 11.0 Å². The molecular weight excluding hydrogens is 274 g/mol. The summed E-state index contributed by atoms with van der Waals surface area (Å²) in [6.45, 7) is 0. The molecule has 8 nitrogen and oxygen atoms in total. The average Bonchev–Trinajstić information content (AvgIpc) is 2.87. The Balaban J connectivity index is 1.76. The third-order valence-corrected chi connectivity index (χ3v) is 5.68. The van der Waals surface area contributed by atoms with Crippen molar-refractivity contribution in [2.75, 3.05) is 0 Å². The number of nitrogens with two attached hydrogens (primary N) is 1. The van der Waals surface area contributed by atoms with Crippen LogP contribution in [0.5, 0.6) is 0 Å². The first-order chi connectivity index (χ1) is 9.92. The van der Waals surface area contributed by atoms with Crippen LogP contribution in [0.2, 0.25) is 0 Å². The number of primary amides is 1. The van der Waals surface area contributed by atoms with Crippen molar-refractivity contribution in [3.8, 4) is 0 Å². The second-order valence-corrected chi connectivity index (χ2v) is 7.08. The van der Waals surface area contributed by atoms with Crippen LogP contribution < -0.4 is 5.73 Å². The molecule has 0 spiro atoms. The second kappa shape index (κ2) is 3.80. The summed E-state index contributed by atoms with van der Waals surface area (Å²) in [5.74, 6) is 0.318. The highest BCUT2D eigenvalue weighted by molar-refractivity contribution is 5.81. The molecule has 1 aromatic heterocycles. The van der Waals surface area contributed by atoms with Crippen molar-refractivity contribution in [2.24, 2.45) is 23.0 Å². The van der Waals surface area contributed by atoms with Crippen LogP contribution in [0.15, 0.2) is 6.33 Å². The average molecular weight is 291 g/mol. The molecule has 0 saturated heterocycles. The van der Waals surface area contributed by atoms with E-state index < -0.39 is 10.3 Å². The molecule has 0 unspecified atom stereocenters. The fraction of sp³-hybridized carbons (Fsp3) is 0.769. The van der Waals surface area contributed by atoms with E-state index in [9.17, 15) is 14.9 Å². The molecule has 1 aromatic rings. The van der Waals surface area contributed by atoms with Crippen molar-refractivity contribution in [1.82, 2.24) is 14.8 Å². The van der Waals surface area contributed by atoms with E-state index in [1.165, 1.54) is 6.33 Å². The number of rotatable bonds is 3. The second-order valence-electron chi connectivity index (χ2n) is 7.08. The monoisotopic (exact) mass is 291 g/mol. The summed E-state index contributed by atoms with van der Waals surface area (Å²) in [5, 5.41) is 14.9. The molecule has 5 rings (SSSR count). The van der Waals surface area contributed by atoms with Gasteiger partial charge >= 0.3 is 5.95 Å². The third-order valence-electron chi connectivity index (χ3n) is 5.68. The molecule has 2 atom stereocenters. The quantitative estimate of drug-likeness (QED) is 0.657. The number of nitrogens with zero attached hydrogens (tertiary/aromatic N) is 4. The van der Waals surface area contributed by atoms with Gasteiger partial charge in [0, 0.05) is 5.10 Å². The summed E-state index contributed by atoms with van der Waals surface area (Å²) >= 11 is 0. The summed E-state index contributed by atoms with van der Waals surface area (Å²) < 4.78 is 1.64. The fourth-order valence-electron chi connectivity index (χ4n) is 5.34. The standard InChI is InChI=1S/C13H17N5O3/c14-10(19)12-2-8-1-9(3-12)5-13(4-8,6-12)17-7-15-11(16-17)18(20)21/h7-9H,1-6H2,(H2,14,19)/t8-,9-,12?,13?/m1/s1. The van der Waals surface area contributed by atoms with Gasteiger partial charge in [0.25, 0.3) is 0 Å². The van der Waals surface area contributed by atoms with E-state index in [1.54, 1.807) is 4.68 Å². The van der Waals surface area contributed by atoms with Crippen molar-refractivity contribution in [3.05, 3.63) is 16.4 Å². The van der Waals surface area contributed by atoms with Gasteiger partial charge in [0.1, 0.15) is 0 Å². The molecule has 0 radical (unpaired) electrons. The molecule has 0 aromatic carbocycles. The minimum absolute atomic E-state index is 0.226. The largest absolute Gasteiger partial charge is 0.490 e. The maximum Gasteiger partial charge on any atom is 0.490 e. The van der Waals surface area contributed by atoms with Crippen molar-refractivity contribution in [3.63, 3.8) is 0 Å². The van der Waals surface area contributed by atoms with Crippen LogP contribution in [0.3, 0.4) is 0 Å². The number of hydrogen-bond acceptors (Lipinski definition) is 5. The van der Waals surface area contributed by atoms with E-state index in [4.69, 9.17) is 5.73 Å². The van der Waals surface area contributed by atoms with Crippen LogP contribution in [0, 0.1) is 27.4 Å². The first-order valence-corrected chi connectivity index (χ1v) is 7.29. The lowest BCUT2D eigenvalue weighted by atomic mass is 9.46. The maximum atomic E-state index is 12.0. The van der Waals surface area contributed by atoms with Crippen LogP contribution in [-0.2, 0) is 10.3 Å². The Morgan fingerprint density at radius 1 is 1.38 bits per heavy atom. The van der Waals surface area contributed by atoms with Gasteiger partial charge in [0.15, 0.2) is 0 Å². The van der Waals surface area contributed by atoms with Crippen LogP contribution in [0.4, 0.5) is 5.95 Å². The van der Waals surface area contributed by atoms with E-state index in [0.717, 1.165) is 32.1 Å². The summed E-state index contributed by atoms with van der Waals surface area (Å²) in [6, 6.07) is 0. The lowest BCUT2D eigenvalue weighted by Gasteiger charge is -2.59. The van der Waals surface area contributed by atoms with Crippen LogP contribution in [0.1, 0.15) is 38.5 Å². The van der Waals surface area contributed by atoms with Gasteiger partial charge in [-0.05, 0) is 55.3 Å². The molecule has 4 bridgehead atoms. The Hall–Kier alpha value is -1.99. The summed E-state index contributed by atoms with van der Waals surface area (Å²) in [5.41, 5.74) is 4.92. The molecule has 4 fully saturated rings. The van der Waals surface area contributed by atoms with Gasteiger partial charge in [-0.1, -0.05) is 4.98 Å². The Kier molecular flexibility index (Phi) is 2.31. The van der Waals surface area contributed by atoms with Gasteiger partial charge < -0.3 is 15.8 Å². The van der Waals surface area contributed by atoms with Gasteiger partial charge in [0.2, 0.25) is 12.2 Å². The molecule has 0 aliphatic heterocycles. The van der Waals surface area contributed by atoms with Crippen molar-refractivity contribution >= 4 is 11.9 Å². The zero-order chi connectivity index (χ0) is 14.8. The summed E-state index contributed by atoms with van der Waals surface area (Å²) in [6.07, 6.45) is 6.77. The molecule has 112 valence electrons. The number of aromatic nitrogens is 3. The Labute approximate surface area is 120 Å². The third kappa shape index (κ3) is 1.64. The number of amides is 1. The van der Waals surface area contributed by atoms with Gasteiger partial charge in [-0.3, -0.25) is 4.79 Å². The number of carbonyl (C=O) groups excluding carboxylic acids is 1. The van der Waals surface area contributed by atoms with Crippen molar-refractivity contribution in [1.29, 1.82) is 0 Å². The number of hydrogen-bond donors (Lipinski definition) is 1. The molecule has 1 amide bonds. The minimum atomic E-state index is -0.582. The molecule has 4 saturated carbocycles. The highest BCUT2D eigenvalue weighted by atomic mass is 16.6. The topological polar surface area (TPSA) is 117 Å². The van der Waals surface area contributed by atoms with E-state index >= 15 is 0 Å². The fourth-order valence-corrected chi connectivity index (χ4v) is 5.34. The number of nitro groups is 1. The Morgan fingerprint density at radius 3 is 2.57 bits per heavy atom. The van der Waals surface area contributed by atoms with E-state index in [0.29, 0.717) is 18.3 Å². The molecular formula is C13H17N5O3. The minimum Gasteiger partial charge on any atom is -0.390 e. The Morgan fingerprint density at radius 2 is 2.05 bits per heavy atom. The molecule has 4 aliphatic carbocycles. The highest BCUT2D eigenvalue weighted by Crippen LogP contribution is 2.63. The first-order valence-electron chi connectivity index (χ1n) is 7.29. The first kappa shape index (κ1) is 12.7. The molecule has 4 aliphatic rings. The predicted molar refractivity (Wildman–Crippen MR) is 71.0 cm³/mol. The molecule has 8 heteroatoms. The van der Waals surface area contributed by atoms with E-state index in [2.05, 4.69) is 10.1 Å². The van der Waals surface area contributed by atoms with E-state index in [1.807, 2.05) is 0 Å². The SMILES string of the molecule is NC(=O)C12C[C@H]3C[C@H](C1)CC(n1cnc([N+](=O)[O-])n1)(C3)C2. The van der Waals surface area contributed by atoms with E-state index in [-0.39, 0.29) is 17.4 Å². The van der Waals surface area contributed by atoms with Gasteiger partial charge in [-0.25, -0.2) is 0 Å². The lowest BCUT2D eigenvalue weighted by molar-refractivity contribution is -0.394. The van der Waals surface area contributed by atoms with Crippen LogP contribution in [0.25, 0.3) is 0 Å². The normalized spacial score (nSPS) is 40.4. The summed E-state index contributed by atoms with van der Waals surface area (Å²) in [7, 11) is 0. The van der Waals surface area contributed by atoms with Gasteiger partial charge in [-0.15, -0.1) is 0 Å². The Bertz CT molecular complexity index is 626. The lowest BCUT2D eigenvalue weighted by Crippen LogP contribution is -2.60. The highest BCUT2D eigenvalue weighted by Gasteiger charge is 2.62. The zero-order valence-electron chi connectivity index (χ0n) is 11.6. The maximum absolute atomic E-state index is 12.0. The molecule has 21 heavy (non-hydrogen) atoms. The molecule has 2 N–H and O–H groups in total. The van der Waals surface area contributed by atoms with Gasteiger partial charge in [-0.2, -0.15) is 4.68 Å². The zero-order valence-corrected chi connectivity index (χ0v) is 11.6. The van der Waals surface area contributed by atoms with Crippen molar-refractivity contribution < 1.29 is 9.72 Å². The van der Waals surface area contributed by atoms with Crippen LogP contribution in [-0.4, -0.2) is 25.6 Å². The molecule has 1 heterocycles. The van der Waals surface area contributed by atoms with Crippen molar-refractivity contribution in [2.45, 2.75) is 44.1 Å². The smallest absolute Gasteiger partial charge is 0.390 e.